The van der Waals surface area contributed by atoms with Crippen molar-refractivity contribution in [2.45, 2.75) is 6.42 Å². The van der Waals surface area contributed by atoms with E-state index in [2.05, 4.69) is 21.9 Å². The van der Waals surface area contributed by atoms with Gasteiger partial charge in [0.05, 0.1) is 30.5 Å². The van der Waals surface area contributed by atoms with E-state index in [1.807, 2.05) is 0 Å². The zero-order valence-corrected chi connectivity index (χ0v) is 10.8. The number of methoxy groups -OCH3 is 1. The van der Waals surface area contributed by atoms with Crippen molar-refractivity contribution in [3.05, 3.63) is 21.9 Å². The predicted octanol–water partition coefficient (Wildman–Crippen LogP) is 0.351. The van der Waals surface area contributed by atoms with Gasteiger partial charge in [0, 0.05) is 11.9 Å². The summed E-state index contributed by atoms with van der Waals surface area (Å²) in [6, 6.07) is 1.70. The van der Waals surface area contributed by atoms with Gasteiger partial charge in [-0.25, -0.2) is 0 Å². The number of amides is 1. The van der Waals surface area contributed by atoms with E-state index in [0.717, 1.165) is 4.88 Å². The highest BCUT2D eigenvalue weighted by atomic mass is 32.1. The summed E-state index contributed by atoms with van der Waals surface area (Å²) < 4.78 is 4.47. The zero-order valence-electron chi connectivity index (χ0n) is 9.99. The predicted molar refractivity (Wildman–Crippen MR) is 69.2 cm³/mol. The van der Waals surface area contributed by atoms with Crippen LogP contribution >= 0.6 is 11.3 Å². The monoisotopic (exact) mass is 266 g/mol. The minimum Gasteiger partial charge on any atom is -0.469 e. The van der Waals surface area contributed by atoms with Crippen LogP contribution in [0.4, 0.5) is 0 Å². The normalized spacial score (nSPS) is 9.22. The van der Waals surface area contributed by atoms with Crippen LogP contribution in [0, 0.1) is 11.8 Å². The minimum atomic E-state index is -0.352. The van der Waals surface area contributed by atoms with Crippen molar-refractivity contribution in [2.75, 3.05) is 20.2 Å². The molecule has 1 aromatic rings. The second-order valence-corrected chi connectivity index (χ2v) is 4.20. The Labute approximate surface area is 109 Å². The van der Waals surface area contributed by atoms with E-state index in [1.165, 1.54) is 18.4 Å². The fraction of sp³-hybridized carbons (Fsp3) is 0.333. The Bertz CT molecular complexity index is 485. The summed E-state index contributed by atoms with van der Waals surface area (Å²) >= 11 is 1.38. The molecule has 0 bridgehead atoms. The van der Waals surface area contributed by atoms with Crippen molar-refractivity contribution < 1.29 is 14.3 Å². The zero-order chi connectivity index (χ0) is 13.4. The Hall–Kier alpha value is -1.84. The van der Waals surface area contributed by atoms with Gasteiger partial charge in [-0.3, -0.25) is 9.59 Å². The Morgan fingerprint density at radius 3 is 3.00 bits per heavy atom. The maximum atomic E-state index is 11.7. The van der Waals surface area contributed by atoms with Crippen LogP contribution in [-0.2, 0) is 9.53 Å². The number of hydrogen-bond donors (Lipinski definition) is 2. The Balaban J connectivity index is 2.47. The van der Waals surface area contributed by atoms with Crippen LogP contribution in [0.3, 0.4) is 0 Å². The highest BCUT2D eigenvalue weighted by molar-refractivity contribution is 7.10. The number of nitrogens with two attached hydrogens (primary N) is 1. The quantitative estimate of drug-likeness (QED) is 0.608. The molecule has 1 rings (SSSR count). The summed E-state index contributed by atoms with van der Waals surface area (Å²) in [7, 11) is 1.31. The van der Waals surface area contributed by atoms with E-state index in [-0.39, 0.29) is 24.8 Å². The molecule has 0 fully saturated rings. The molecule has 1 heterocycles. The molecule has 96 valence electrons. The Morgan fingerprint density at radius 2 is 2.33 bits per heavy atom. The third-order valence-corrected chi connectivity index (χ3v) is 2.86. The molecule has 1 amide bonds. The SMILES string of the molecule is COC(=O)CCNC(=O)c1csc(C#CCN)c1. The molecular weight excluding hydrogens is 252 g/mol. The van der Waals surface area contributed by atoms with Gasteiger partial charge in [0.1, 0.15) is 0 Å². The number of carbonyl (C=O) groups excluding carboxylic acids is 2. The molecule has 0 saturated carbocycles. The number of carbonyl (C=O) groups is 2. The second kappa shape index (κ2) is 7.48. The molecule has 3 N–H and O–H groups in total. The van der Waals surface area contributed by atoms with Crippen molar-refractivity contribution in [1.29, 1.82) is 0 Å². The summed E-state index contributed by atoms with van der Waals surface area (Å²) in [6.07, 6.45) is 0.159. The fourth-order valence-electron chi connectivity index (χ4n) is 1.14. The Kier molecular flexibility index (Phi) is 5.91. The van der Waals surface area contributed by atoms with Gasteiger partial charge >= 0.3 is 5.97 Å². The molecular formula is C12H14N2O3S. The maximum Gasteiger partial charge on any atom is 0.307 e. The van der Waals surface area contributed by atoms with Gasteiger partial charge in [-0.05, 0) is 6.07 Å². The molecule has 0 aliphatic rings. The van der Waals surface area contributed by atoms with E-state index in [0.29, 0.717) is 12.1 Å². The van der Waals surface area contributed by atoms with Crippen LogP contribution in [0.5, 0.6) is 0 Å². The summed E-state index contributed by atoms with van der Waals surface area (Å²) in [5, 5.41) is 4.34. The molecule has 1 aromatic heterocycles. The number of ether oxygens (including phenoxy) is 1. The first-order valence-corrected chi connectivity index (χ1v) is 6.18. The lowest BCUT2D eigenvalue weighted by atomic mass is 10.3. The number of esters is 1. The second-order valence-electron chi connectivity index (χ2n) is 3.29. The summed E-state index contributed by atoms with van der Waals surface area (Å²) in [4.78, 5) is 23.3. The fourth-order valence-corrected chi connectivity index (χ4v) is 1.90. The molecule has 0 saturated heterocycles. The summed E-state index contributed by atoms with van der Waals surface area (Å²) in [5.41, 5.74) is 5.79. The van der Waals surface area contributed by atoms with Gasteiger partial charge in [-0.15, -0.1) is 11.3 Å². The van der Waals surface area contributed by atoms with E-state index in [9.17, 15) is 9.59 Å². The highest BCUT2D eigenvalue weighted by Gasteiger charge is 2.08. The van der Waals surface area contributed by atoms with Crippen molar-refractivity contribution in [3.8, 4) is 11.8 Å². The van der Waals surface area contributed by atoms with E-state index >= 15 is 0 Å². The molecule has 0 radical (unpaired) electrons. The van der Waals surface area contributed by atoms with Crippen LogP contribution in [0.1, 0.15) is 21.7 Å². The summed E-state index contributed by atoms with van der Waals surface area (Å²) in [6.45, 7) is 0.545. The van der Waals surface area contributed by atoms with Crippen LogP contribution in [0.25, 0.3) is 0 Å². The van der Waals surface area contributed by atoms with Crippen LogP contribution in [0.2, 0.25) is 0 Å². The third kappa shape index (κ3) is 4.57. The average Bonchev–Trinajstić information content (AvgIpc) is 2.84. The molecule has 0 spiro atoms. The summed E-state index contributed by atoms with van der Waals surface area (Å²) in [5.74, 6) is 4.99. The molecule has 0 aliphatic carbocycles. The van der Waals surface area contributed by atoms with Gasteiger partial charge in [-0.2, -0.15) is 0 Å². The number of rotatable bonds is 4. The van der Waals surface area contributed by atoms with Crippen LogP contribution in [0.15, 0.2) is 11.4 Å². The van der Waals surface area contributed by atoms with Gasteiger partial charge in [0.15, 0.2) is 0 Å². The molecule has 0 unspecified atom stereocenters. The van der Waals surface area contributed by atoms with Crippen LogP contribution < -0.4 is 11.1 Å². The van der Waals surface area contributed by atoms with Crippen molar-refractivity contribution in [1.82, 2.24) is 5.32 Å². The van der Waals surface area contributed by atoms with E-state index in [4.69, 9.17) is 5.73 Å². The smallest absolute Gasteiger partial charge is 0.307 e. The average molecular weight is 266 g/mol. The first-order valence-electron chi connectivity index (χ1n) is 5.30. The highest BCUT2D eigenvalue weighted by Crippen LogP contribution is 2.13. The van der Waals surface area contributed by atoms with Crippen molar-refractivity contribution in [2.24, 2.45) is 5.73 Å². The third-order valence-electron chi connectivity index (χ3n) is 2.02. The molecule has 0 aliphatic heterocycles. The van der Waals surface area contributed by atoms with Crippen LogP contribution in [-0.4, -0.2) is 32.1 Å². The number of thiophene rings is 1. The van der Waals surface area contributed by atoms with Gasteiger partial charge in [0.2, 0.25) is 0 Å². The molecule has 0 atom stereocenters. The number of hydrogen-bond acceptors (Lipinski definition) is 5. The lowest BCUT2D eigenvalue weighted by Gasteiger charge is -2.01. The first kappa shape index (κ1) is 14.2. The topological polar surface area (TPSA) is 81.4 Å². The molecule has 6 heteroatoms. The lowest BCUT2D eigenvalue weighted by molar-refractivity contribution is -0.140. The standard InChI is InChI=1S/C12H14N2O3S/c1-17-11(15)4-6-14-12(16)9-7-10(18-8-9)3-2-5-13/h7-8H,4-6,13H2,1H3,(H,14,16). The molecule has 0 aromatic carbocycles. The largest absolute Gasteiger partial charge is 0.469 e. The van der Waals surface area contributed by atoms with Crippen molar-refractivity contribution in [3.63, 3.8) is 0 Å². The van der Waals surface area contributed by atoms with E-state index in [1.54, 1.807) is 11.4 Å². The van der Waals surface area contributed by atoms with Gasteiger partial charge in [0.25, 0.3) is 5.91 Å². The van der Waals surface area contributed by atoms with Gasteiger partial charge < -0.3 is 15.8 Å². The first-order chi connectivity index (χ1) is 8.67. The number of nitrogens with one attached hydrogen (secondary N) is 1. The maximum absolute atomic E-state index is 11.7. The lowest BCUT2D eigenvalue weighted by Crippen LogP contribution is -2.25. The van der Waals surface area contributed by atoms with E-state index < -0.39 is 0 Å². The van der Waals surface area contributed by atoms with Crippen molar-refractivity contribution >= 4 is 23.2 Å². The molecule has 18 heavy (non-hydrogen) atoms. The molecule has 5 nitrogen and oxygen atoms in total. The van der Waals surface area contributed by atoms with Gasteiger partial charge in [-0.1, -0.05) is 11.8 Å². The Morgan fingerprint density at radius 1 is 1.56 bits per heavy atom. The minimum absolute atomic E-state index is 0.159.